The van der Waals surface area contributed by atoms with Crippen molar-refractivity contribution in [3.05, 3.63) is 38.9 Å². The minimum atomic E-state index is -0.125. The second-order valence-corrected chi connectivity index (χ2v) is 5.89. The molecule has 1 aromatic carbocycles. The summed E-state index contributed by atoms with van der Waals surface area (Å²) in [5.41, 5.74) is 0.347. The Morgan fingerprint density at radius 3 is 2.90 bits per heavy atom. The van der Waals surface area contributed by atoms with Gasteiger partial charge in [-0.25, -0.2) is 4.98 Å². The van der Waals surface area contributed by atoms with Gasteiger partial charge in [0.15, 0.2) is 0 Å². The van der Waals surface area contributed by atoms with Gasteiger partial charge in [0.25, 0.3) is 5.56 Å². The largest absolute Gasteiger partial charge is 0.314 e. The summed E-state index contributed by atoms with van der Waals surface area (Å²) in [6.45, 7) is 1.71. The third-order valence-electron chi connectivity index (χ3n) is 3.76. The Balaban J connectivity index is 1.94. The summed E-state index contributed by atoms with van der Waals surface area (Å²) < 4.78 is 1.62. The molecule has 6 heteroatoms. The van der Waals surface area contributed by atoms with Crippen molar-refractivity contribution < 1.29 is 0 Å². The Bertz CT molecular complexity index is 693. The first kappa shape index (κ1) is 13.9. The van der Waals surface area contributed by atoms with E-state index in [2.05, 4.69) is 10.3 Å². The van der Waals surface area contributed by atoms with Crippen LogP contribution in [-0.2, 0) is 6.54 Å². The molecule has 1 atom stereocenters. The highest BCUT2D eigenvalue weighted by Crippen LogP contribution is 2.25. The lowest BCUT2D eigenvalue weighted by Gasteiger charge is -2.12. The van der Waals surface area contributed by atoms with Crippen LogP contribution in [0, 0.1) is 0 Å². The van der Waals surface area contributed by atoms with E-state index in [0.717, 1.165) is 13.0 Å². The van der Waals surface area contributed by atoms with Crippen molar-refractivity contribution in [3.63, 3.8) is 0 Å². The highest BCUT2D eigenvalue weighted by Gasteiger charge is 2.15. The molecular weight excluding hydrogens is 297 g/mol. The summed E-state index contributed by atoms with van der Waals surface area (Å²) in [4.78, 5) is 16.7. The molecule has 4 nitrogen and oxygen atoms in total. The van der Waals surface area contributed by atoms with Gasteiger partial charge < -0.3 is 5.32 Å². The fraction of sp³-hybridized carbons (Fsp3) is 0.429. The predicted molar refractivity (Wildman–Crippen MR) is 81.7 cm³/mol. The third-order valence-corrected chi connectivity index (χ3v) is 4.38. The molecule has 1 aromatic heterocycles. The van der Waals surface area contributed by atoms with Gasteiger partial charge in [0.1, 0.15) is 0 Å². The van der Waals surface area contributed by atoms with E-state index in [1.807, 2.05) is 0 Å². The minimum Gasteiger partial charge on any atom is -0.314 e. The lowest BCUT2D eigenvalue weighted by Crippen LogP contribution is -2.27. The van der Waals surface area contributed by atoms with E-state index in [1.54, 1.807) is 23.0 Å². The summed E-state index contributed by atoms with van der Waals surface area (Å²) >= 11 is 12.2. The number of hydrogen-bond donors (Lipinski definition) is 1. The zero-order chi connectivity index (χ0) is 14.1. The van der Waals surface area contributed by atoms with Crippen molar-refractivity contribution in [1.29, 1.82) is 0 Å². The van der Waals surface area contributed by atoms with Crippen LogP contribution in [-0.4, -0.2) is 22.1 Å². The van der Waals surface area contributed by atoms with Crippen LogP contribution in [0.3, 0.4) is 0 Å². The number of benzene rings is 1. The van der Waals surface area contributed by atoms with E-state index in [9.17, 15) is 4.79 Å². The number of fused-ring (bicyclic) bond motifs is 1. The SMILES string of the molecule is O=c1c2c(Cl)ccc(Cl)c2ncn1CC[C@@H]1CCCN1. The molecule has 0 spiro atoms. The van der Waals surface area contributed by atoms with Gasteiger partial charge in [-0.2, -0.15) is 0 Å². The van der Waals surface area contributed by atoms with Crippen molar-refractivity contribution >= 4 is 34.1 Å². The normalized spacial score (nSPS) is 18.8. The predicted octanol–water partition coefficient (Wildman–Crippen LogP) is 2.85. The third kappa shape index (κ3) is 2.55. The summed E-state index contributed by atoms with van der Waals surface area (Å²) in [6, 6.07) is 3.79. The number of halogens is 2. The molecule has 0 amide bonds. The zero-order valence-corrected chi connectivity index (χ0v) is 12.4. The molecular formula is C14H15Cl2N3O. The van der Waals surface area contributed by atoms with E-state index in [0.29, 0.717) is 33.5 Å². The second-order valence-electron chi connectivity index (χ2n) is 5.08. The van der Waals surface area contributed by atoms with Crippen LogP contribution in [0.2, 0.25) is 10.0 Å². The Morgan fingerprint density at radius 2 is 2.15 bits per heavy atom. The van der Waals surface area contributed by atoms with Crippen LogP contribution in [0.5, 0.6) is 0 Å². The average molecular weight is 312 g/mol. The Hall–Kier alpha value is -1.10. The fourth-order valence-corrected chi connectivity index (χ4v) is 3.09. The summed E-state index contributed by atoms with van der Waals surface area (Å²) in [5.74, 6) is 0. The molecule has 0 unspecified atom stereocenters. The first-order valence-corrected chi connectivity index (χ1v) is 7.49. The van der Waals surface area contributed by atoms with Gasteiger partial charge in [0, 0.05) is 12.6 Å². The highest BCUT2D eigenvalue weighted by molar-refractivity contribution is 6.39. The fourth-order valence-electron chi connectivity index (χ4n) is 2.65. The van der Waals surface area contributed by atoms with Gasteiger partial charge in [-0.3, -0.25) is 9.36 Å². The van der Waals surface area contributed by atoms with Gasteiger partial charge in [-0.05, 0) is 37.9 Å². The van der Waals surface area contributed by atoms with Crippen molar-refractivity contribution in [2.75, 3.05) is 6.54 Å². The number of aryl methyl sites for hydroxylation is 1. The van der Waals surface area contributed by atoms with Crippen molar-refractivity contribution in [3.8, 4) is 0 Å². The van der Waals surface area contributed by atoms with Crippen molar-refractivity contribution in [1.82, 2.24) is 14.9 Å². The molecule has 1 saturated heterocycles. The number of aromatic nitrogens is 2. The second kappa shape index (κ2) is 5.72. The molecule has 2 heterocycles. The molecule has 1 N–H and O–H groups in total. The van der Waals surface area contributed by atoms with Crippen LogP contribution < -0.4 is 10.9 Å². The van der Waals surface area contributed by atoms with Crippen LogP contribution in [0.4, 0.5) is 0 Å². The molecule has 1 aliphatic rings. The van der Waals surface area contributed by atoms with Crippen LogP contribution in [0.1, 0.15) is 19.3 Å². The van der Waals surface area contributed by atoms with Gasteiger partial charge in [-0.1, -0.05) is 23.2 Å². The smallest absolute Gasteiger partial charge is 0.262 e. The number of nitrogens with zero attached hydrogens (tertiary/aromatic N) is 2. The lowest BCUT2D eigenvalue weighted by molar-refractivity contribution is 0.497. The van der Waals surface area contributed by atoms with Gasteiger partial charge in [-0.15, -0.1) is 0 Å². The Morgan fingerprint density at radius 1 is 1.35 bits per heavy atom. The van der Waals surface area contributed by atoms with Gasteiger partial charge >= 0.3 is 0 Å². The van der Waals surface area contributed by atoms with E-state index in [-0.39, 0.29) is 5.56 Å². The summed E-state index contributed by atoms with van der Waals surface area (Å²) in [6.07, 6.45) is 4.85. The standard InChI is InChI=1S/C14H15Cl2N3O/c15-10-3-4-11(16)13-12(10)14(20)19(8-18-13)7-5-9-2-1-6-17-9/h3-4,8-9,17H,1-2,5-7H2/t9-/m0/s1. The molecule has 106 valence electrons. The molecule has 0 radical (unpaired) electrons. The molecule has 2 aromatic rings. The molecule has 0 aliphatic carbocycles. The monoisotopic (exact) mass is 311 g/mol. The molecule has 0 bridgehead atoms. The Labute approximate surface area is 126 Å². The van der Waals surface area contributed by atoms with Gasteiger partial charge in [0.2, 0.25) is 0 Å². The van der Waals surface area contributed by atoms with E-state index in [4.69, 9.17) is 23.2 Å². The van der Waals surface area contributed by atoms with Crippen LogP contribution >= 0.6 is 23.2 Å². The topological polar surface area (TPSA) is 46.9 Å². The maximum atomic E-state index is 12.5. The van der Waals surface area contributed by atoms with Gasteiger partial charge in [0.05, 0.1) is 27.3 Å². The quantitative estimate of drug-likeness (QED) is 0.948. The molecule has 0 saturated carbocycles. The molecule has 1 aliphatic heterocycles. The zero-order valence-electron chi connectivity index (χ0n) is 10.9. The Kier molecular flexibility index (Phi) is 3.96. The first-order valence-electron chi connectivity index (χ1n) is 6.73. The molecule has 1 fully saturated rings. The van der Waals surface area contributed by atoms with E-state index < -0.39 is 0 Å². The van der Waals surface area contributed by atoms with Crippen molar-refractivity contribution in [2.24, 2.45) is 0 Å². The highest BCUT2D eigenvalue weighted by atomic mass is 35.5. The lowest BCUT2D eigenvalue weighted by atomic mass is 10.1. The summed E-state index contributed by atoms with van der Waals surface area (Å²) in [7, 11) is 0. The molecule has 20 heavy (non-hydrogen) atoms. The van der Waals surface area contributed by atoms with E-state index >= 15 is 0 Å². The van der Waals surface area contributed by atoms with Crippen LogP contribution in [0.25, 0.3) is 10.9 Å². The van der Waals surface area contributed by atoms with E-state index in [1.165, 1.54) is 12.8 Å². The molecule has 3 rings (SSSR count). The number of hydrogen-bond acceptors (Lipinski definition) is 3. The van der Waals surface area contributed by atoms with Crippen molar-refractivity contribution in [2.45, 2.75) is 31.8 Å². The number of nitrogens with one attached hydrogen (secondary N) is 1. The first-order chi connectivity index (χ1) is 9.66. The average Bonchev–Trinajstić information content (AvgIpc) is 2.95. The maximum absolute atomic E-state index is 12.5. The van der Waals surface area contributed by atoms with Crippen LogP contribution in [0.15, 0.2) is 23.3 Å². The number of rotatable bonds is 3. The minimum absolute atomic E-state index is 0.125. The maximum Gasteiger partial charge on any atom is 0.262 e. The summed E-state index contributed by atoms with van der Waals surface area (Å²) in [5, 5.41) is 4.67.